The fourth-order valence-corrected chi connectivity index (χ4v) is 3.30. The van der Waals surface area contributed by atoms with Gasteiger partial charge in [0, 0.05) is 5.69 Å². The van der Waals surface area contributed by atoms with Gasteiger partial charge in [-0.25, -0.2) is 0 Å². The number of rotatable bonds is 5. The Hall–Kier alpha value is -2.56. The van der Waals surface area contributed by atoms with Crippen LogP contribution >= 0.6 is 23.8 Å². The molecule has 1 atom stereocenters. The fourth-order valence-electron chi connectivity index (χ4n) is 2.81. The summed E-state index contributed by atoms with van der Waals surface area (Å²) < 4.78 is 5.19. The molecule has 1 unspecified atom stereocenters. The highest BCUT2D eigenvalue weighted by Gasteiger charge is 2.15. The third kappa shape index (κ3) is 5.00. The van der Waals surface area contributed by atoms with Gasteiger partial charge in [-0.1, -0.05) is 71.8 Å². The summed E-state index contributed by atoms with van der Waals surface area (Å²) in [6, 6.07) is 24.1. The van der Waals surface area contributed by atoms with Crippen LogP contribution in [0.1, 0.15) is 22.7 Å². The highest BCUT2D eigenvalue weighted by atomic mass is 35.5. The van der Waals surface area contributed by atoms with E-state index >= 15 is 0 Å². The first-order valence-electron chi connectivity index (χ1n) is 8.59. The molecule has 0 spiro atoms. The summed E-state index contributed by atoms with van der Waals surface area (Å²) in [7, 11) is 1.59. The molecule has 3 aromatic carbocycles. The number of anilines is 1. The van der Waals surface area contributed by atoms with Crippen molar-refractivity contribution in [1.29, 1.82) is 0 Å². The van der Waals surface area contributed by atoms with Gasteiger partial charge < -0.3 is 15.4 Å². The Morgan fingerprint density at radius 1 is 0.963 bits per heavy atom. The third-order valence-corrected chi connectivity index (χ3v) is 4.74. The van der Waals surface area contributed by atoms with Crippen molar-refractivity contribution in [1.82, 2.24) is 5.32 Å². The second-order valence-electron chi connectivity index (χ2n) is 6.20. The SMILES string of the molecule is COc1ccc(NC(=S)NC(c2ccccc2)c2ccc(C)cc2)cc1Cl. The largest absolute Gasteiger partial charge is 0.495 e. The summed E-state index contributed by atoms with van der Waals surface area (Å²) in [5, 5.41) is 7.66. The lowest BCUT2D eigenvalue weighted by Gasteiger charge is -2.22. The van der Waals surface area contributed by atoms with E-state index in [9.17, 15) is 0 Å². The van der Waals surface area contributed by atoms with E-state index in [1.165, 1.54) is 5.56 Å². The van der Waals surface area contributed by atoms with Crippen LogP contribution in [0.25, 0.3) is 0 Å². The summed E-state index contributed by atoms with van der Waals surface area (Å²) in [5.41, 5.74) is 4.30. The fraction of sp³-hybridized carbons (Fsp3) is 0.136. The van der Waals surface area contributed by atoms with Crippen LogP contribution in [-0.2, 0) is 0 Å². The maximum Gasteiger partial charge on any atom is 0.171 e. The highest BCUT2D eigenvalue weighted by Crippen LogP contribution is 2.27. The number of halogens is 1. The molecule has 138 valence electrons. The summed E-state index contributed by atoms with van der Waals surface area (Å²) >= 11 is 11.7. The molecular weight excluding hydrogens is 376 g/mol. The van der Waals surface area contributed by atoms with Crippen molar-refractivity contribution in [3.8, 4) is 5.75 Å². The Morgan fingerprint density at radius 2 is 1.63 bits per heavy atom. The van der Waals surface area contributed by atoms with Crippen LogP contribution in [0.3, 0.4) is 0 Å². The van der Waals surface area contributed by atoms with Gasteiger partial charge in [-0.15, -0.1) is 0 Å². The van der Waals surface area contributed by atoms with E-state index < -0.39 is 0 Å². The first-order valence-corrected chi connectivity index (χ1v) is 9.38. The normalized spacial score (nSPS) is 11.5. The van der Waals surface area contributed by atoms with Gasteiger partial charge in [0.15, 0.2) is 5.11 Å². The first kappa shape index (κ1) is 19.2. The van der Waals surface area contributed by atoms with Crippen LogP contribution in [0.4, 0.5) is 5.69 Å². The van der Waals surface area contributed by atoms with Crippen molar-refractivity contribution in [3.05, 3.63) is 94.5 Å². The molecule has 0 saturated heterocycles. The van der Waals surface area contributed by atoms with E-state index in [1.54, 1.807) is 13.2 Å². The van der Waals surface area contributed by atoms with Crippen LogP contribution in [0, 0.1) is 6.92 Å². The van der Waals surface area contributed by atoms with Crippen LogP contribution in [-0.4, -0.2) is 12.2 Å². The molecule has 0 radical (unpaired) electrons. The topological polar surface area (TPSA) is 33.3 Å². The average Bonchev–Trinajstić information content (AvgIpc) is 2.68. The van der Waals surface area contributed by atoms with E-state index in [2.05, 4.69) is 54.0 Å². The maximum absolute atomic E-state index is 6.20. The van der Waals surface area contributed by atoms with Crippen molar-refractivity contribution < 1.29 is 4.74 Å². The van der Waals surface area contributed by atoms with E-state index in [0.717, 1.165) is 16.8 Å². The Balaban J connectivity index is 1.80. The van der Waals surface area contributed by atoms with Crippen molar-refractivity contribution in [3.63, 3.8) is 0 Å². The van der Waals surface area contributed by atoms with E-state index in [1.807, 2.05) is 30.3 Å². The molecule has 0 aliphatic rings. The number of thiocarbonyl (C=S) groups is 1. The van der Waals surface area contributed by atoms with E-state index in [0.29, 0.717) is 15.9 Å². The molecule has 2 N–H and O–H groups in total. The number of benzene rings is 3. The lowest BCUT2D eigenvalue weighted by atomic mass is 9.98. The zero-order valence-corrected chi connectivity index (χ0v) is 16.8. The van der Waals surface area contributed by atoms with Gasteiger partial charge in [0.05, 0.1) is 18.2 Å². The highest BCUT2D eigenvalue weighted by molar-refractivity contribution is 7.80. The molecule has 5 heteroatoms. The molecule has 27 heavy (non-hydrogen) atoms. The van der Waals surface area contributed by atoms with Crippen LogP contribution in [0.5, 0.6) is 5.75 Å². The number of aryl methyl sites for hydroxylation is 1. The van der Waals surface area contributed by atoms with Gasteiger partial charge in [-0.05, 0) is 48.5 Å². The first-order chi connectivity index (χ1) is 13.1. The third-order valence-electron chi connectivity index (χ3n) is 4.23. The second-order valence-corrected chi connectivity index (χ2v) is 7.02. The minimum atomic E-state index is -0.0551. The van der Waals surface area contributed by atoms with Crippen molar-refractivity contribution in [2.45, 2.75) is 13.0 Å². The monoisotopic (exact) mass is 396 g/mol. The number of nitrogens with one attached hydrogen (secondary N) is 2. The van der Waals surface area contributed by atoms with E-state index in [-0.39, 0.29) is 6.04 Å². The molecule has 0 aliphatic heterocycles. The molecule has 0 heterocycles. The lowest BCUT2D eigenvalue weighted by Crippen LogP contribution is -2.33. The predicted octanol–water partition coefficient (Wildman–Crippen LogP) is 5.73. The quantitative estimate of drug-likeness (QED) is 0.539. The number of hydrogen-bond acceptors (Lipinski definition) is 2. The van der Waals surface area contributed by atoms with Crippen LogP contribution < -0.4 is 15.4 Å². The van der Waals surface area contributed by atoms with Gasteiger partial charge in [-0.3, -0.25) is 0 Å². The zero-order chi connectivity index (χ0) is 19.2. The molecule has 0 aromatic heterocycles. The smallest absolute Gasteiger partial charge is 0.171 e. The van der Waals surface area contributed by atoms with Crippen molar-refractivity contribution in [2.75, 3.05) is 12.4 Å². The molecule has 0 fully saturated rings. The molecule has 0 aliphatic carbocycles. The molecule has 3 rings (SSSR count). The molecule has 3 nitrogen and oxygen atoms in total. The zero-order valence-electron chi connectivity index (χ0n) is 15.2. The summed E-state index contributed by atoms with van der Waals surface area (Å²) in [5.74, 6) is 0.628. The summed E-state index contributed by atoms with van der Waals surface area (Å²) in [6.07, 6.45) is 0. The van der Waals surface area contributed by atoms with Gasteiger partial charge in [0.2, 0.25) is 0 Å². The van der Waals surface area contributed by atoms with Gasteiger partial charge >= 0.3 is 0 Å². The summed E-state index contributed by atoms with van der Waals surface area (Å²) in [4.78, 5) is 0. The van der Waals surface area contributed by atoms with Crippen molar-refractivity contribution in [2.24, 2.45) is 0 Å². The predicted molar refractivity (Wildman–Crippen MR) is 117 cm³/mol. The lowest BCUT2D eigenvalue weighted by molar-refractivity contribution is 0.415. The molecule has 0 saturated carbocycles. The molecule has 0 amide bonds. The summed E-state index contributed by atoms with van der Waals surface area (Å²) in [6.45, 7) is 2.08. The number of methoxy groups -OCH3 is 1. The van der Waals surface area contributed by atoms with Gasteiger partial charge in [0.25, 0.3) is 0 Å². The maximum atomic E-state index is 6.20. The average molecular weight is 397 g/mol. The Labute approximate surface area is 170 Å². The second kappa shape index (κ2) is 8.89. The molecule has 3 aromatic rings. The number of hydrogen-bond donors (Lipinski definition) is 2. The Morgan fingerprint density at radius 3 is 2.26 bits per heavy atom. The van der Waals surface area contributed by atoms with E-state index in [4.69, 9.17) is 28.6 Å². The minimum Gasteiger partial charge on any atom is -0.495 e. The van der Waals surface area contributed by atoms with Crippen molar-refractivity contribution >= 4 is 34.6 Å². The van der Waals surface area contributed by atoms with Crippen LogP contribution in [0.2, 0.25) is 5.02 Å². The minimum absolute atomic E-state index is 0.0551. The standard InChI is InChI=1S/C22H21ClN2OS/c1-15-8-10-17(11-9-15)21(16-6-4-3-5-7-16)25-22(27)24-18-12-13-20(26-2)19(23)14-18/h3-14,21H,1-2H3,(H2,24,25,27). The molecule has 0 bridgehead atoms. The van der Waals surface area contributed by atoms with Gasteiger partial charge in [0.1, 0.15) is 5.75 Å². The van der Waals surface area contributed by atoms with Crippen LogP contribution in [0.15, 0.2) is 72.8 Å². The van der Waals surface area contributed by atoms with Gasteiger partial charge in [-0.2, -0.15) is 0 Å². The Bertz CT molecular complexity index is 913. The Kier molecular flexibility index (Phi) is 6.32. The molecular formula is C22H21ClN2OS. The number of ether oxygens (including phenoxy) is 1.